The molecule has 0 amide bonds. The van der Waals surface area contributed by atoms with Gasteiger partial charge in [0.05, 0.1) is 0 Å². The summed E-state index contributed by atoms with van der Waals surface area (Å²) < 4.78 is 0. The van der Waals surface area contributed by atoms with E-state index in [0.717, 1.165) is 0 Å². The molecule has 1 aromatic rings. The van der Waals surface area contributed by atoms with Crippen LogP contribution in [0.1, 0.15) is 17.0 Å². The average molecular weight is 256 g/mol. The van der Waals surface area contributed by atoms with Crippen LogP contribution in [-0.2, 0) is 0 Å². The summed E-state index contributed by atoms with van der Waals surface area (Å²) in [5.74, 6) is 2.25. The second kappa shape index (κ2) is 3.85. The van der Waals surface area contributed by atoms with E-state index in [4.69, 9.17) is 0 Å². The van der Waals surface area contributed by atoms with Crippen molar-refractivity contribution in [2.45, 2.75) is 5.92 Å². The Morgan fingerprint density at radius 3 is 2.65 bits per heavy atom. The van der Waals surface area contributed by atoms with E-state index in [1.807, 2.05) is 0 Å². The van der Waals surface area contributed by atoms with Crippen LogP contribution in [0.4, 0.5) is 0 Å². The molecule has 4 atom stereocenters. The van der Waals surface area contributed by atoms with Crippen LogP contribution in [0.15, 0.2) is 71.9 Å². The number of fused-ring (bicyclic) bond motifs is 6. The van der Waals surface area contributed by atoms with Gasteiger partial charge in [0.2, 0.25) is 0 Å². The monoisotopic (exact) mass is 256 g/mol. The fourth-order valence-electron chi connectivity index (χ4n) is 4.19. The Kier molecular flexibility index (Phi) is 2.10. The highest BCUT2D eigenvalue weighted by molar-refractivity contribution is 5.59. The molecule has 4 aliphatic rings. The third-order valence-corrected chi connectivity index (χ3v) is 5.11. The number of hydrogen-bond acceptors (Lipinski definition) is 0. The highest BCUT2D eigenvalue weighted by Crippen LogP contribution is 2.52. The number of hydrogen-bond donors (Lipinski definition) is 0. The number of rotatable bonds is 0. The van der Waals surface area contributed by atoms with Gasteiger partial charge in [0.1, 0.15) is 0 Å². The summed E-state index contributed by atoms with van der Waals surface area (Å²) in [6, 6.07) is 8.84. The molecule has 0 nitrogen and oxygen atoms in total. The lowest BCUT2D eigenvalue weighted by molar-refractivity contribution is 0.644. The molecule has 0 spiro atoms. The summed E-state index contributed by atoms with van der Waals surface area (Å²) in [7, 11) is 0. The van der Waals surface area contributed by atoms with E-state index in [-0.39, 0.29) is 0 Å². The van der Waals surface area contributed by atoms with Crippen LogP contribution in [-0.4, -0.2) is 0 Å². The first-order valence-electron chi connectivity index (χ1n) is 7.48. The van der Waals surface area contributed by atoms with Crippen molar-refractivity contribution in [3.8, 4) is 0 Å². The fourth-order valence-corrected chi connectivity index (χ4v) is 4.19. The molecule has 0 N–H and O–H groups in total. The Labute approximate surface area is 120 Å². The van der Waals surface area contributed by atoms with E-state index in [2.05, 4.69) is 73.6 Å². The van der Waals surface area contributed by atoms with Crippen molar-refractivity contribution >= 4 is 0 Å². The van der Waals surface area contributed by atoms with Gasteiger partial charge in [-0.2, -0.15) is 0 Å². The Bertz CT molecular complexity index is 699. The van der Waals surface area contributed by atoms with E-state index in [1.165, 1.54) is 16.7 Å². The molecule has 0 aromatic heterocycles. The van der Waals surface area contributed by atoms with Crippen molar-refractivity contribution in [3.63, 3.8) is 0 Å². The maximum absolute atomic E-state index is 2.52. The zero-order chi connectivity index (χ0) is 13.1. The van der Waals surface area contributed by atoms with E-state index in [1.54, 1.807) is 5.57 Å². The van der Waals surface area contributed by atoms with Gasteiger partial charge in [-0.05, 0) is 47.0 Å². The number of allylic oxidation sites excluding steroid dienone is 8. The smallest absolute Gasteiger partial charge is 0.00959 e. The van der Waals surface area contributed by atoms with Gasteiger partial charge in [0.15, 0.2) is 0 Å². The van der Waals surface area contributed by atoms with Gasteiger partial charge in [0.25, 0.3) is 0 Å². The van der Waals surface area contributed by atoms with Gasteiger partial charge in [-0.15, -0.1) is 0 Å². The molecule has 5 rings (SSSR count). The molecular formula is C20H16. The molecule has 0 bridgehead atoms. The molecule has 0 heterocycles. The third kappa shape index (κ3) is 1.37. The minimum Gasteiger partial charge on any atom is -0.0799 e. The number of benzene rings is 1. The van der Waals surface area contributed by atoms with Crippen LogP contribution < -0.4 is 0 Å². The topological polar surface area (TPSA) is 0 Å². The van der Waals surface area contributed by atoms with Gasteiger partial charge in [-0.1, -0.05) is 60.7 Å². The molecule has 0 heteroatoms. The van der Waals surface area contributed by atoms with Gasteiger partial charge < -0.3 is 0 Å². The third-order valence-electron chi connectivity index (χ3n) is 5.11. The summed E-state index contributed by atoms with van der Waals surface area (Å²) in [5.41, 5.74) is 5.94. The van der Waals surface area contributed by atoms with Crippen molar-refractivity contribution in [2.75, 3.05) is 0 Å². The van der Waals surface area contributed by atoms with E-state index < -0.39 is 0 Å². The summed E-state index contributed by atoms with van der Waals surface area (Å²) >= 11 is 0. The standard InChI is InChI=1S/C20H16/c1-3-7-17-13(5-1)9-15-11-20-16(12-19(15)17)10-14-6-2-4-8-18(14)20/h1-13,16-17,20H. The average Bonchev–Trinajstić information content (AvgIpc) is 3.02. The van der Waals surface area contributed by atoms with Crippen LogP contribution in [0.25, 0.3) is 0 Å². The highest BCUT2D eigenvalue weighted by Gasteiger charge is 2.40. The Morgan fingerprint density at radius 2 is 1.65 bits per heavy atom. The molecule has 1 aromatic carbocycles. The van der Waals surface area contributed by atoms with Gasteiger partial charge in [0, 0.05) is 11.8 Å². The maximum Gasteiger partial charge on any atom is 0.00959 e. The summed E-state index contributed by atoms with van der Waals surface area (Å²) in [6.07, 6.45) is 19.0. The van der Waals surface area contributed by atoms with Crippen LogP contribution in [0.5, 0.6) is 0 Å². The maximum atomic E-state index is 2.52. The van der Waals surface area contributed by atoms with Crippen LogP contribution in [0.3, 0.4) is 0 Å². The molecular weight excluding hydrogens is 240 g/mol. The second-order valence-electron chi connectivity index (χ2n) is 6.18. The van der Waals surface area contributed by atoms with Crippen LogP contribution >= 0.6 is 0 Å². The first-order chi connectivity index (χ1) is 9.90. The Hall–Kier alpha value is -1.82. The van der Waals surface area contributed by atoms with Crippen molar-refractivity contribution in [2.24, 2.45) is 17.8 Å². The summed E-state index contributed by atoms with van der Waals surface area (Å²) in [6.45, 7) is 0. The first kappa shape index (κ1) is 10.9. The van der Waals surface area contributed by atoms with E-state index >= 15 is 0 Å². The lowest BCUT2D eigenvalue weighted by atomic mass is 9.81. The summed E-state index contributed by atoms with van der Waals surface area (Å²) in [5, 5.41) is 0. The molecule has 4 aliphatic carbocycles. The lowest BCUT2D eigenvalue weighted by Crippen LogP contribution is -2.11. The molecule has 4 unspecified atom stereocenters. The van der Waals surface area contributed by atoms with Crippen LogP contribution in [0.2, 0.25) is 0 Å². The van der Waals surface area contributed by atoms with Gasteiger partial charge in [-0.3, -0.25) is 0 Å². The quantitative estimate of drug-likeness (QED) is 0.645. The van der Waals surface area contributed by atoms with Gasteiger partial charge in [-0.25, -0.2) is 0 Å². The Morgan fingerprint density at radius 1 is 0.750 bits per heavy atom. The van der Waals surface area contributed by atoms with E-state index in [9.17, 15) is 0 Å². The molecule has 1 fully saturated rings. The Balaban J connectivity index is 1.60. The fraction of sp³-hybridized carbons (Fsp3) is 0.200. The summed E-state index contributed by atoms with van der Waals surface area (Å²) in [4.78, 5) is 0. The molecule has 2 radical (unpaired) electrons. The second-order valence-corrected chi connectivity index (χ2v) is 6.18. The van der Waals surface area contributed by atoms with E-state index in [0.29, 0.717) is 23.7 Å². The van der Waals surface area contributed by atoms with Crippen molar-refractivity contribution in [1.82, 2.24) is 0 Å². The lowest BCUT2D eigenvalue weighted by Gasteiger charge is -2.23. The molecule has 20 heavy (non-hydrogen) atoms. The minimum atomic E-state index is 0.550. The van der Waals surface area contributed by atoms with Crippen LogP contribution in [0, 0.1) is 30.6 Å². The van der Waals surface area contributed by atoms with Crippen molar-refractivity contribution in [3.05, 3.63) is 95.8 Å². The molecule has 96 valence electrons. The molecule has 0 saturated heterocycles. The first-order valence-corrected chi connectivity index (χ1v) is 7.48. The van der Waals surface area contributed by atoms with Crippen molar-refractivity contribution < 1.29 is 0 Å². The normalized spacial score (nSPS) is 35.8. The SMILES string of the molecule is [CH]1C2=CC3c4ccccc4[CH]C3C=C2C2C=CC=CC12. The minimum absolute atomic E-state index is 0.550. The van der Waals surface area contributed by atoms with Crippen molar-refractivity contribution in [1.29, 1.82) is 0 Å². The predicted molar refractivity (Wildman–Crippen MR) is 81.8 cm³/mol. The highest BCUT2D eigenvalue weighted by atomic mass is 14.4. The zero-order valence-corrected chi connectivity index (χ0v) is 11.2. The molecule has 1 saturated carbocycles. The predicted octanol–water partition coefficient (Wildman–Crippen LogP) is 4.40. The largest absolute Gasteiger partial charge is 0.0799 e. The molecule has 0 aliphatic heterocycles. The van der Waals surface area contributed by atoms with Gasteiger partial charge >= 0.3 is 0 Å². The zero-order valence-electron chi connectivity index (χ0n) is 11.2.